The summed E-state index contributed by atoms with van der Waals surface area (Å²) in [6, 6.07) is 1.32. The van der Waals surface area contributed by atoms with E-state index in [2.05, 4.69) is 29.0 Å². The van der Waals surface area contributed by atoms with E-state index >= 15 is 0 Å². The summed E-state index contributed by atoms with van der Waals surface area (Å²) in [5.74, 6) is 0. The molecule has 0 saturated carbocycles. The first-order valence-electron chi connectivity index (χ1n) is 7.02. The minimum atomic E-state index is 0.610. The molecular formula is C13H27N3O. The average Bonchev–Trinajstić information content (AvgIpc) is 2.75. The van der Waals surface area contributed by atoms with Gasteiger partial charge in [-0.1, -0.05) is 13.8 Å². The summed E-state index contributed by atoms with van der Waals surface area (Å²) >= 11 is 0. The van der Waals surface area contributed by atoms with Gasteiger partial charge in [-0.3, -0.25) is 4.90 Å². The first-order chi connectivity index (χ1) is 8.24. The molecule has 2 aliphatic heterocycles. The minimum Gasteiger partial charge on any atom is -0.379 e. The van der Waals surface area contributed by atoms with Crippen LogP contribution >= 0.6 is 0 Å². The van der Waals surface area contributed by atoms with Crippen LogP contribution in [0.15, 0.2) is 0 Å². The summed E-state index contributed by atoms with van der Waals surface area (Å²) in [7, 11) is 0. The summed E-state index contributed by atoms with van der Waals surface area (Å²) in [5, 5.41) is 3.63. The Kier molecular flexibility index (Phi) is 5.22. The van der Waals surface area contributed by atoms with E-state index in [4.69, 9.17) is 4.74 Å². The van der Waals surface area contributed by atoms with Crippen LogP contribution in [0.4, 0.5) is 0 Å². The Morgan fingerprint density at radius 3 is 2.53 bits per heavy atom. The van der Waals surface area contributed by atoms with Gasteiger partial charge < -0.3 is 15.0 Å². The lowest BCUT2D eigenvalue weighted by molar-refractivity contribution is 0.0343. The topological polar surface area (TPSA) is 27.7 Å². The van der Waals surface area contributed by atoms with Crippen molar-refractivity contribution in [3.63, 3.8) is 0 Å². The summed E-state index contributed by atoms with van der Waals surface area (Å²) in [6.45, 7) is 13.4. The SMILES string of the molecule is CC(C)NC1CCN(CCN2CCOCC2)C1. The zero-order valence-electron chi connectivity index (χ0n) is 11.3. The summed E-state index contributed by atoms with van der Waals surface area (Å²) in [4.78, 5) is 5.11. The van der Waals surface area contributed by atoms with Gasteiger partial charge in [0.05, 0.1) is 13.2 Å². The molecule has 2 rings (SSSR count). The molecule has 100 valence electrons. The lowest BCUT2D eigenvalue weighted by Crippen LogP contribution is -2.42. The quantitative estimate of drug-likeness (QED) is 0.754. The standard InChI is InChI=1S/C13H27N3O/c1-12(2)14-13-3-4-16(11-13)6-5-15-7-9-17-10-8-15/h12-14H,3-11H2,1-2H3. The molecule has 17 heavy (non-hydrogen) atoms. The minimum absolute atomic E-state index is 0.610. The Balaban J connectivity index is 1.60. The highest BCUT2D eigenvalue weighted by atomic mass is 16.5. The van der Waals surface area contributed by atoms with Gasteiger partial charge in [0.2, 0.25) is 0 Å². The highest BCUT2D eigenvalue weighted by Crippen LogP contribution is 2.09. The first-order valence-corrected chi connectivity index (χ1v) is 7.02. The van der Waals surface area contributed by atoms with Crippen LogP contribution in [-0.4, -0.2) is 74.4 Å². The molecule has 0 amide bonds. The van der Waals surface area contributed by atoms with Crippen molar-refractivity contribution in [3.05, 3.63) is 0 Å². The fourth-order valence-electron chi connectivity index (χ4n) is 2.75. The van der Waals surface area contributed by atoms with E-state index in [0.29, 0.717) is 12.1 Å². The molecule has 1 N–H and O–H groups in total. The number of nitrogens with zero attached hydrogens (tertiary/aromatic N) is 2. The molecule has 0 radical (unpaired) electrons. The van der Waals surface area contributed by atoms with Crippen LogP contribution in [0.5, 0.6) is 0 Å². The molecule has 1 unspecified atom stereocenters. The zero-order valence-corrected chi connectivity index (χ0v) is 11.3. The van der Waals surface area contributed by atoms with Crippen molar-refractivity contribution in [3.8, 4) is 0 Å². The highest BCUT2D eigenvalue weighted by molar-refractivity contribution is 4.82. The molecule has 2 fully saturated rings. The van der Waals surface area contributed by atoms with Gasteiger partial charge in [-0.15, -0.1) is 0 Å². The summed E-state index contributed by atoms with van der Waals surface area (Å²) < 4.78 is 5.37. The van der Waals surface area contributed by atoms with Crippen molar-refractivity contribution in [1.29, 1.82) is 0 Å². The molecule has 0 aromatic heterocycles. The number of likely N-dealkylation sites (tertiary alicyclic amines) is 1. The third-order valence-electron chi connectivity index (χ3n) is 3.68. The largest absolute Gasteiger partial charge is 0.379 e. The molecule has 0 aromatic rings. The predicted molar refractivity (Wildman–Crippen MR) is 70.4 cm³/mol. The van der Waals surface area contributed by atoms with Gasteiger partial charge in [-0.05, 0) is 13.0 Å². The number of rotatable bonds is 5. The lowest BCUT2D eigenvalue weighted by Gasteiger charge is -2.28. The average molecular weight is 241 g/mol. The van der Waals surface area contributed by atoms with Gasteiger partial charge in [0.25, 0.3) is 0 Å². The Bertz CT molecular complexity index is 217. The number of ether oxygens (including phenoxy) is 1. The molecule has 2 heterocycles. The van der Waals surface area contributed by atoms with E-state index < -0.39 is 0 Å². The van der Waals surface area contributed by atoms with Gasteiger partial charge in [-0.25, -0.2) is 0 Å². The molecule has 4 nitrogen and oxygen atoms in total. The molecule has 0 bridgehead atoms. The van der Waals surface area contributed by atoms with Crippen LogP contribution < -0.4 is 5.32 Å². The number of morpholine rings is 1. The predicted octanol–water partition coefficient (Wildman–Crippen LogP) is 0.391. The Morgan fingerprint density at radius 2 is 1.82 bits per heavy atom. The third kappa shape index (κ3) is 4.54. The van der Waals surface area contributed by atoms with E-state index in [-0.39, 0.29) is 0 Å². The maximum atomic E-state index is 5.37. The maximum absolute atomic E-state index is 5.37. The van der Waals surface area contributed by atoms with E-state index in [1.165, 1.54) is 32.6 Å². The van der Waals surface area contributed by atoms with Crippen molar-refractivity contribution in [2.75, 3.05) is 52.5 Å². The normalized spacial score (nSPS) is 28.1. The monoisotopic (exact) mass is 241 g/mol. The molecule has 1 atom stereocenters. The molecule has 4 heteroatoms. The van der Waals surface area contributed by atoms with Gasteiger partial charge >= 0.3 is 0 Å². The molecule has 0 aromatic carbocycles. The van der Waals surface area contributed by atoms with Crippen molar-refractivity contribution < 1.29 is 4.74 Å². The number of hydrogen-bond donors (Lipinski definition) is 1. The smallest absolute Gasteiger partial charge is 0.0594 e. The first kappa shape index (κ1) is 13.3. The van der Waals surface area contributed by atoms with Gasteiger partial charge in [0, 0.05) is 44.8 Å². The summed E-state index contributed by atoms with van der Waals surface area (Å²) in [5.41, 5.74) is 0. The molecule has 0 aliphatic carbocycles. The zero-order chi connectivity index (χ0) is 12.1. The van der Waals surface area contributed by atoms with E-state index in [1.54, 1.807) is 0 Å². The molecule has 2 aliphatic rings. The number of hydrogen-bond acceptors (Lipinski definition) is 4. The van der Waals surface area contributed by atoms with Crippen molar-refractivity contribution in [2.24, 2.45) is 0 Å². The Labute approximate surface area is 105 Å². The molecule has 0 spiro atoms. The van der Waals surface area contributed by atoms with E-state index in [0.717, 1.165) is 26.3 Å². The van der Waals surface area contributed by atoms with Crippen LogP contribution in [0, 0.1) is 0 Å². The van der Waals surface area contributed by atoms with E-state index in [9.17, 15) is 0 Å². The fourth-order valence-corrected chi connectivity index (χ4v) is 2.75. The second-order valence-corrected chi connectivity index (χ2v) is 5.56. The fraction of sp³-hybridized carbons (Fsp3) is 1.00. The van der Waals surface area contributed by atoms with Crippen LogP contribution in [-0.2, 0) is 4.74 Å². The van der Waals surface area contributed by atoms with Gasteiger partial charge in [0.15, 0.2) is 0 Å². The molecular weight excluding hydrogens is 214 g/mol. The van der Waals surface area contributed by atoms with E-state index in [1.807, 2.05) is 0 Å². The number of nitrogens with one attached hydrogen (secondary N) is 1. The van der Waals surface area contributed by atoms with Crippen LogP contribution in [0.1, 0.15) is 20.3 Å². The van der Waals surface area contributed by atoms with Crippen molar-refractivity contribution >= 4 is 0 Å². The second kappa shape index (κ2) is 6.69. The Morgan fingerprint density at radius 1 is 1.12 bits per heavy atom. The summed E-state index contributed by atoms with van der Waals surface area (Å²) in [6.07, 6.45) is 1.31. The van der Waals surface area contributed by atoms with Crippen LogP contribution in [0.2, 0.25) is 0 Å². The second-order valence-electron chi connectivity index (χ2n) is 5.56. The van der Waals surface area contributed by atoms with Crippen molar-refractivity contribution in [2.45, 2.75) is 32.4 Å². The van der Waals surface area contributed by atoms with Crippen LogP contribution in [0.3, 0.4) is 0 Å². The molecule has 2 saturated heterocycles. The lowest BCUT2D eigenvalue weighted by atomic mass is 10.2. The van der Waals surface area contributed by atoms with Gasteiger partial charge in [0.1, 0.15) is 0 Å². The third-order valence-corrected chi connectivity index (χ3v) is 3.68. The Hall–Kier alpha value is -0.160. The highest BCUT2D eigenvalue weighted by Gasteiger charge is 2.22. The van der Waals surface area contributed by atoms with Crippen molar-refractivity contribution in [1.82, 2.24) is 15.1 Å². The van der Waals surface area contributed by atoms with Gasteiger partial charge in [-0.2, -0.15) is 0 Å². The van der Waals surface area contributed by atoms with Crippen LogP contribution in [0.25, 0.3) is 0 Å². The maximum Gasteiger partial charge on any atom is 0.0594 e.